The molecule has 2 aromatic rings. The molecule has 160 valence electrons. The fourth-order valence-corrected chi connectivity index (χ4v) is 4.80. The standard InChI is InChI=1S/C24H31N3O3/c1-15-22(18(4)28)16(2)25-23(15)24(29)17(3)27-10-8-26(9-11-27)14-19-5-6-21-20(13-19)7-12-30-21/h5-6,13,17,25H,7-12,14H2,1-4H3/t17-/m1/s1. The lowest BCUT2D eigenvalue weighted by molar-refractivity contribution is 0.0683. The Kier molecular flexibility index (Phi) is 5.80. The van der Waals surface area contributed by atoms with Crippen molar-refractivity contribution >= 4 is 11.6 Å². The fraction of sp³-hybridized carbons (Fsp3) is 0.500. The van der Waals surface area contributed by atoms with Gasteiger partial charge in [0, 0.05) is 50.4 Å². The van der Waals surface area contributed by atoms with Gasteiger partial charge in [0.25, 0.3) is 0 Å². The average Bonchev–Trinajstić information content (AvgIpc) is 3.30. The first-order chi connectivity index (χ1) is 14.3. The van der Waals surface area contributed by atoms with Crippen LogP contribution in [0.15, 0.2) is 18.2 Å². The third-order valence-corrected chi connectivity index (χ3v) is 6.53. The highest BCUT2D eigenvalue weighted by atomic mass is 16.5. The number of aromatic amines is 1. The molecule has 6 heteroatoms. The second-order valence-corrected chi connectivity index (χ2v) is 8.57. The maximum absolute atomic E-state index is 13.1. The number of nitrogens with zero attached hydrogens (tertiary/aromatic N) is 2. The van der Waals surface area contributed by atoms with Gasteiger partial charge < -0.3 is 9.72 Å². The number of benzene rings is 1. The van der Waals surface area contributed by atoms with Crippen molar-refractivity contribution in [1.82, 2.24) is 14.8 Å². The summed E-state index contributed by atoms with van der Waals surface area (Å²) in [5, 5.41) is 0. The lowest BCUT2D eigenvalue weighted by Crippen LogP contribution is -2.51. The molecule has 1 atom stereocenters. The number of hydrogen-bond acceptors (Lipinski definition) is 5. The maximum atomic E-state index is 13.1. The summed E-state index contributed by atoms with van der Waals surface area (Å²) < 4.78 is 5.60. The molecule has 0 unspecified atom stereocenters. The molecule has 1 N–H and O–H groups in total. The van der Waals surface area contributed by atoms with E-state index in [0.717, 1.165) is 62.8 Å². The van der Waals surface area contributed by atoms with Gasteiger partial charge in [0.05, 0.1) is 18.3 Å². The Bertz CT molecular complexity index is 970. The number of H-pyrrole nitrogens is 1. The van der Waals surface area contributed by atoms with Gasteiger partial charge >= 0.3 is 0 Å². The zero-order valence-electron chi connectivity index (χ0n) is 18.4. The Morgan fingerprint density at radius 2 is 1.90 bits per heavy atom. The van der Waals surface area contributed by atoms with Crippen molar-refractivity contribution in [1.29, 1.82) is 0 Å². The molecule has 0 amide bonds. The fourth-order valence-electron chi connectivity index (χ4n) is 4.80. The van der Waals surface area contributed by atoms with E-state index in [4.69, 9.17) is 4.74 Å². The number of nitrogens with one attached hydrogen (secondary N) is 1. The molecular formula is C24H31N3O3. The van der Waals surface area contributed by atoms with Gasteiger partial charge in [-0.2, -0.15) is 0 Å². The molecule has 1 saturated heterocycles. The molecular weight excluding hydrogens is 378 g/mol. The topological polar surface area (TPSA) is 65.6 Å². The van der Waals surface area contributed by atoms with Crippen LogP contribution in [-0.2, 0) is 13.0 Å². The lowest BCUT2D eigenvalue weighted by atomic mass is 10.0. The van der Waals surface area contributed by atoms with Crippen LogP contribution in [0.2, 0.25) is 0 Å². The van der Waals surface area contributed by atoms with Crippen molar-refractivity contribution in [2.24, 2.45) is 0 Å². The number of hydrogen-bond donors (Lipinski definition) is 1. The quantitative estimate of drug-likeness (QED) is 0.743. The SMILES string of the molecule is CC(=O)c1c(C)[nH]c(C(=O)[C@@H](C)N2CCN(Cc3ccc4c(c3)CCO4)CC2)c1C. The number of fused-ring (bicyclic) bond motifs is 1. The van der Waals surface area contributed by atoms with E-state index in [1.807, 2.05) is 20.8 Å². The normalized spacial score (nSPS) is 18.1. The Labute approximate surface area is 178 Å². The van der Waals surface area contributed by atoms with Gasteiger partial charge in [-0.05, 0) is 50.5 Å². The zero-order valence-corrected chi connectivity index (χ0v) is 18.4. The van der Waals surface area contributed by atoms with E-state index in [1.165, 1.54) is 11.1 Å². The predicted molar refractivity (Wildman–Crippen MR) is 117 cm³/mol. The van der Waals surface area contributed by atoms with Gasteiger partial charge in [0.1, 0.15) is 5.75 Å². The average molecular weight is 410 g/mol. The van der Waals surface area contributed by atoms with Crippen molar-refractivity contribution in [3.05, 3.63) is 51.8 Å². The minimum Gasteiger partial charge on any atom is -0.493 e. The minimum absolute atomic E-state index is 0.000292. The molecule has 30 heavy (non-hydrogen) atoms. The van der Waals surface area contributed by atoms with Crippen molar-refractivity contribution in [3.8, 4) is 5.75 Å². The van der Waals surface area contributed by atoms with Gasteiger partial charge in [0.2, 0.25) is 0 Å². The molecule has 1 fully saturated rings. The summed E-state index contributed by atoms with van der Waals surface area (Å²) in [4.78, 5) is 32.9. The van der Waals surface area contributed by atoms with Crippen LogP contribution in [0.3, 0.4) is 0 Å². The van der Waals surface area contributed by atoms with Crippen LogP contribution in [-0.4, -0.2) is 65.2 Å². The molecule has 0 saturated carbocycles. The van der Waals surface area contributed by atoms with Crippen LogP contribution in [0.5, 0.6) is 5.75 Å². The summed E-state index contributed by atoms with van der Waals surface area (Å²) in [6.07, 6.45) is 1.000. The van der Waals surface area contributed by atoms with Crippen molar-refractivity contribution in [3.63, 3.8) is 0 Å². The molecule has 0 spiro atoms. The number of aryl methyl sites for hydroxylation is 1. The van der Waals surface area contributed by atoms with E-state index >= 15 is 0 Å². The largest absolute Gasteiger partial charge is 0.493 e. The number of ketones is 2. The van der Waals surface area contributed by atoms with Crippen molar-refractivity contribution in [2.75, 3.05) is 32.8 Å². The summed E-state index contributed by atoms with van der Waals surface area (Å²) in [6, 6.07) is 6.31. The lowest BCUT2D eigenvalue weighted by Gasteiger charge is -2.37. The van der Waals surface area contributed by atoms with Gasteiger partial charge in [0.15, 0.2) is 11.6 Å². The number of aromatic nitrogens is 1. The second kappa shape index (κ2) is 8.36. The van der Waals surface area contributed by atoms with E-state index < -0.39 is 0 Å². The molecule has 0 aliphatic carbocycles. The molecule has 0 bridgehead atoms. The number of carbonyl (C=O) groups is 2. The van der Waals surface area contributed by atoms with E-state index in [1.54, 1.807) is 6.92 Å². The molecule has 4 rings (SSSR count). The van der Waals surface area contributed by atoms with Crippen LogP contribution in [0.25, 0.3) is 0 Å². The van der Waals surface area contributed by atoms with Crippen LogP contribution >= 0.6 is 0 Å². The van der Waals surface area contributed by atoms with Gasteiger partial charge in [-0.25, -0.2) is 0 Å². The first-order valence-electron chi connectivity index (χ1n) is 10.8. The zero-order chi connectivity index (χ0) is 21.4. The molecule has 1 aromatic carbocycles. The van der Waals surface area contributed by atoms with Crippen LogP contribution in [0.1, 0.15) is 57.1 Å². The van der Waals surface area contributed by atoms with E-state index in [9.17, 15) is 9.59 Å². The smallest absolute Gasteiger partial charge is 0.196 e. The maximum Gasteiger partial charge on any atom is 0.196 e. The van der Waals surface area contributed by atoms with E-state index in [-0.39, 0.29) is 17.6 Å². The van der Waals surface area contributed by atoms with E-state index in [2.05, 4.69) is 33.0 Å². The summed E-state index contributed by atoms with van der Waals surface area (Å²) in [5.74, 6) is 1.09. The van der Waals surface area contributed by atoms with Crippen LogP contribution < -0.4 is 4.74 Å². The number of piperazine rings is 1. The summed E-state index contributed by atoms with van der Waals surface area (Å²) in [5.41, 5.74) is 5.41. The Morgan fingerprint density at radius 3 is 2.57 bits per heavy atom. The number of carbonyl (C=O) groups excluding carboxylic acids is 2. The highest BCUT2D eigenvalue weighted by molar-refractivity contribution is 6.05. The Balaban J connectivity index is 1.36. The third kappa shape index (κ3) is 3.94. The molecule has 1 aromatic heterocycles. The highest BCUT2D eigenvalue weighted by Gasteiger charge is 2.29. The number of ether oxygens (including phenoxy) is 1. The summed E-state index contributed by atoms with van der Waals surface area (Å²) in [6.45, 7) is 12.6. The van der Waals surface area contributed by atoms with Gasteiger partial charge in [-0.15, -0.1) is 0 Å². The second-order valence-electron chi connectivity index (χ2n) is 8.57. The van der Waals surface area contributed by atoms with Gasteiger partial charge in [-0.1, -0.05) is 12.1 Å². The van der Waals surface area contributed by atoms with Crippen molar-refractivity contribution < 1.29 is 14.3 Å². The highest BCUT2D eigenvalue weighted by Crippen LogP contribution is 2.27. The van der Waals surface area contributed by atoms with Gasteiger partial charge in [-0.3, -0.25) is 19.4 Å². The first kappa shape index (κ1) is 20.8. The third-order valence-electron chi connectivity index (χ3n) is 6.53. The number of rotatable bonds is 6. The Hall–Kier alpha value is -2.44. The van der Waals surface area contributed by atoms with E-state index in [0.29, 0.717) is 11.3 Å². The summed E-state index contributed by atoms with van der Waals surface area (Å²) in [7, 11) is 0. The first-order valence-corrected chi connectivity index (χ1v) is 10.8. The van der Waals surface area contributed by atoms with Crippen LogP contribution in [0.4, 0.5) is 0 Å². The molecule has 2 aliphatic heterocycles. The monoisotopic (exact) mass is 409 g/mol. The Morgan fingerprint density at radius 1 is 1.17 bits per heavy atom. The molecule has 6 nitrogen and oxygen atoms in total. The molecule has 0 radical (unpaired) electrons. The van der Waals surface area contributed by atoms with Crippen LogP contribution in [0, 0.1) is 13.8 Å². The minimum atomic E-state index is -0.208. The number of Topliss-reactive ketones (excluding diaryl/α,β-unsaturated/α-hetero) is 2. The predicted octanol–water partition coefficient (Wildman–Crippen LogP) is 3.16. The molecule has 2 aliphatic rings. The van der Waals surface area contributed by atoms with Crippen molar-refractivity contribution in [2.45, 2.75) is 46.7 Å². The molecule has 3 heterocycles. The summed E-state index contributed by atoms with van der Waals surface area (Å²) >= 11 is 0.